The lowest BCUT2D eigenvalue weighted by Gasteiger charge is -2.17. The van der Waals surface area contributed by atoms with E-state index in [0.29, 0.717) is 19.2 Å². The van der Waals surface area contributed by atoms with Gasteiger partial charge in [0.25, 0.3) is 15.7 Å². The summed E-state index contributed by atoms with van der Waals surface area (Å²) in [6.45, 7) is 7.02. The largest absolute Gasteiger partial charge is 0.519 e. The molecule has 84 valence electrons. The van der Waals surface area contributed by atoms with Gasteiger partial charge in [-0.2, -0.15) is 0 Å². The third kappa shape index (κ3) is 6.01. The predicted octanol–water partition coefficient (Wildman–Crippen LogP) is 0.951. The van der Waals surface area contributed by atoms with Crippen LogP contribution in [0.15, 0.2) is 12.0 Å². The second-order valence-corrected chi connectivity index (χ2v) is 3.75. The molecule has 0 aromatic heterocycles. The summed E-state index contributed by atoms with van der Waals surface area (Å²) in [4.78, 5) is 0. The average Bonchev–Trinajstić information content (AvgIpc) is 2.20. The first-order chi connectivity index (χ1) is 6.78. The molecule has 0 saturated heterocycles. The lowest BCUT2D eigenvalue weighted by molar-refractivity contribution is -0.0904. The fourth-order valence-electron chi connectivity index (χ4n) is 0.926. The molecule has 0 aromatic rings. The van der Waals surface area contributed by atoms with E-state index in [4.69, 9.17) is 18.6 Å². The zero-order valence-electron chi connectivity index (χ0n) is 9.41. The van der Waals surface area contributed by atoms with Crippen LogP contribution < -0.4 is 0 Å². The van der Waals surface area contributed by atoms with Crippen molar-refractivity contribution in [2.24, 2.45) is 0 Å². The van der Waals surface area contributed by atoms with Gasteiger partial charge in [-0.05, 0) is 26.8 Å². The average molecular weight is 220 g/mol. The molecule has 0 spiro atoms. The van der Waals surface area contributed by atoms with Crippen LogP contribution in [-0.2, 0) is 18.6 Å². The summed E-state index contributed by atoms with van der Waals surface area (Å²) in [5.74, 6) is 0.358. The van der Waals surface area contributed by atoms with Crippen LogP contribution in [0.3, 0.4) is 0 Å². The topological polar surface area (TPSA) is 36.9 Å². The standard InChI is InChI=1S/C9H20O4Si/c1-5-8(10-4)13-14-9(11-6-2)12-7-3/h5,9H,6-7,14H2,1-4H3/b8-5-. The van der Waals surface area contributed by atoms with Gasteiger partial charge in [0.1, 0.15) is 0 Å². The Hall–Kier alpha value is -0.523. The van der Waals surface area contributed by atoms with Gasteiger partial charge in [-0.1, -0.05) is 0 Å². The van der Waals surface area contributed by atoms with E-state index in [-0.39, 0.29) is 5.91 Å². The van der Waals surface area contributed by atoms with Crippen LogP contribution >= 0.6 is 0 Å². The molecule has 0 saturated carbocycles. The summed E-state index contributed by atoms with van der Waals surface area (Å²) in [6.07, 6.45) is 1.78. The molecule has 0 amide bonds. The first-order valence-corrected chi connectivity index (χ1v) is 6.24. The summed E-state index contributed by atoms with van der Waals surface area (Å²) in [6, 6.07) is 0. The molecule has 0 bridgehead atoms. The summed E-state index contributed by atoms with van der Waals surface area (Å²) < 4.78 is 21.1. The monoisotopic (exact) mass is 220 g/mol. The molecule has 0 fully saturated rings. The maximum Gasteiger partial charge on any atom is 0.282 e. The van der Waals surface area contributed by atoms with Gasteiger partial charge in [-0.25, -0.2) is 0 Å². The van der Waals surface area contributed by atoms with Crippen molar-refractivity contribution in [1.29, 1.82) is 0 Å². The first-order valence-electron chi connectivity index (χ1n) is 4.84. The van der Waals surface area contributed by atoms with E-state index < -0.39 is 9.76 Å². The van der Waals surface area contributed by atoms with Gasteiger partial charge in [0, 0.05) is 13.2 Å². The maximum absolute atomic E-state index is 5.44. The highest BCUT2D eigenvalue weighted by Crippen LogP contribution is 2.00. The van der Waals surface area contributed by atoms with Crippen molar-refractivity contribution in [2.45, 2.75) is 26.7 Å². The molecular formula is C9H20O4Si. The van der Waals surface area contributed by atoms with Crippen LogP contribution in [0.5, 0.6) is 0 Å². The Morgan fingerprint density at radius 3 is 2.21 bits per heavy atom. The Morgan fingerprint density at radius 1 is 1.29 bits per heavy atom. The normalized spacial score (nSPS) is 12.8. The molecule has 0 aliphatic rings. The van der Waals surface area contributed by atoms with Crippen molar-refractivity contribution in [3.05, 3.63) is 12.0 Å². The SMILES string of the molecule is C/C=C(/OC)O[SiH2]C(OCC)OCC. The molecule has 4 nitrogen and oxygen atoms in total. The maximum atomic E-state index is 5.44. The highest BCUT2D eigenvalue weighted by Gasteiger charge is 2.10. The molecule has 0 aliphatic heterocycles. The zero-order chi connectivity index (χ0) is 10.8. The van der Waals surface area contributed by atoms with Crippen LogP contribution in [0.1, 0.15) is 20.8 Å². The molecule has 0 unspecified atom stereocenters. The molecule has 0 aromatic carbocycles. The highest BCUT2D eigenvalue weighted by molar-refractivity contribution is 6.28. The van der Waals surface area contributed by atoms with E-state index in [0.717, 1.165) is 0 Å². The lowest BCUT2D eigenvalue weighted by atomic mass is 10.7. The Morgan fingerprint density at radius 2 is 1.86 bits per heavy atom. The van der Waals surface area contributed by atoms with Gasteiger partial charge >= 0.3 is 0 Å². The number of ether oxygens (including phenoxy) is 3. The molecule has 5 heteroatoms. The van der Waals surface area contributed by atoms with E-state index in [1.807, 2.05) is 20.8 Å². The molecule has 14 heavy (non-hydrogen) atoms. The molecule has 0 N–H and O–H groups in total. The quantitative estimate of drug-likeness (QED) is 0.347. The molecule has 0 rings (SSSR count). The van der Waals surface area contributed by atoms with Crippen molar-refractivity contribution in [1.82, 2.24) is 0 Å². The van der Waals surface area contributed by atoms with Crippen molar-refractivity contribution in [3.63, 3.8) is 0 Å². The lowest BCUT2D eigenvalue weighted by Crippen LogP contribution is -2.26. The van der Waals surface area contributed by atoms with Crippen molar-refractivity contribution >= 4 is 9.76 Å². The van der Waals surface area contributed by atoms with E-state index in [1.165, 1.54) is 0 Å². The summed E-state index contributed by atoms with van der Waals surface area (Å²) >= 11 is 0. The first kappa shape index (κ1) is 13.5. The van der Waals surface area contributed by atoms with Crippen LogP contribution in [0.4, 0.5) is 0 Å². The molecule has 0 atom stereocenters. The highest BCUT2D eigenvalue weighted by atomic mass is 28.2. The minimum atomic E-state index is -0.904. The summed E-state index contributed by atoms with van der Waals surface area (Å²) in [5.41, 5.74) is 0. The Bertz CT molecular complexity index is 155. The van der Waals surface area contributed by atoms with E-state index >= 15 is 0 Å². The number of allylic oxidation sites excluding steroid dienone is 1. The smallest absolute Gasteiger partial charge is 0.282 e. The minimum Gasteiger partial charge on any atom is -0.519 e. The minimum absolute atomic E-state index is 0.185. The molecule has 0 radical (unpaired) electrons. The summed E-state index contributed by atoms with van der Waals surface area (Å²) in [7, 11) is 0.680. The third-order valence-electron chi connectivity index (χ3n) is 1.50. The Balaban J connectivity index is 3.79. The van der Waals surface area contributed by atoms with Crippen LogP contribution in [0.2, 0.25) is 0 Å². The molecular weight excluding hydrogens is 200 g/mol. The van der Waals surface area contributed by atoms with Gasteiger partial charge in [0.15, 0.2) is 5.91 Å². The van der Waals surface area contributed by atoms with Gasteiger partial charge in [0.05, 0.1) is 7.11 Å². The fourth-order valence-corrected chi connectivity index (χ4v) is 2.18. The molecule has 0 heterocycles. The van der Waals surface area contributed by atoms with Crippen molar-refractivity contribution in [3.8, 4) is 0 Å². The third-order valence-corrected chi connectivity index (χ3v) is 2.70. The van der Waals surface area contributed by atoms with E-state index in [2.05, 4.69) is 0 Å². The summed E-state index contributed by atoms with van der Waals surface area (Å²) in [5, 5.41) is 0. The van der Waals surface area contributed by atoms with Crippen LogP contribution in [-0.4, -0.2) is 36.0 Å². The van der Waals surface area contributed by atoms with Gasteiger partial charge in [0.2, 0.25) is 0 Å². The van der Waals surface area contributed by atoms with Crippen molar-refractivity contribution < 1.29 is 18.6 Å². The number of hydrogen-bond acceptors (Lipinski definition) is 4. The zero-order valence-corrected chi connectivity index (χ0v) is 10.8. The van der Waals surface area contributed by atoms with Gasteiger partial charge in [-0.15, -0.1) is 0 Å². The number of methoxy groups -OCH3 is 1. The fraction of sp³-hybridized carbons (Fsp3) is 0.778. The second-order valence-electron chi connectivity index (χ2n) is 2.46. The van der Waals surface area contributed by atoms with Crippen LogP contribution in [0, 0.1) is 0 Å². The van der Waals surface area contributed by atoms with Gasteiger partial charge in [-0.3, -0.25) is 0 Å². The van der Waals surface area contributed by atoms with Crippen molar-refractivity contribution in [2.75, 3.05) is 20.3 Å². The Kier molecular flexibility index (Phi) is 8.71. The number of hydrogen-bond donors (Lipinski definition) is 0. The second kappa shape index (κ2) is 9.05. The van der Waals surface area contributed by atoms with Gasteiger partial charge < -0.3 is 18.6 Å². The predicted molar refractivity (Wildman–Crippen MR) is 57.4 cm³/mol. The van der Waals surface area contributed by atoms with Crippen LogP contribution in [0.25, 0.3) is 0 Å². The van der Waals surface area contributed by atoms with E-state index in [9.17, 15) is 0 Å². The Labute approximate surface area is 88.1 Å². The molecule has 0 aliphatic carbocycles. The van der Waals surface area contributed by atoms with E-state index in [1.54, 1.807) is 13.2 Å². The number of rotatable bonds is 8.